The maximum absolute atomic E-state index is 12.4. The number of carbonyl (C=O) groups excluding carboxylic acids is 2. The Kier molecular flexibility index (Phi) is 5.45. The number of rotatable bonds is 4. The molecule has 6 heteroatoms. The first-order valence-corrected chi connectivity index (χ1v) is 9.05. The molecule has 2 amide bonds. The summed E-state index contributed by atoms with van der Waals surface area (Å²) >= 11 is 5.16. The van der Waals surface area contributed by atoms with Crippen LogP contribution in [0.1, 0.15) is 55.3 Å². The lowest BCUT2D eigenvalue weighted by molar-refractivity contribution is -0.120. The first-order chi connectivity index (χ1) is 11.6. The highest BCUT2D eigenvalue weighted by atomic mass is 32.1. The molecule has 1 aromatic rings. The Morgan fingerprint density at radius 3 is 2.50 bits per heavy atom. The van der Waals surface area contributed by atoms with E-state index in [-0.39, 0.29) is 28.9 Å². The van der Waals surface area contributed by atoms with E-state index >= 15 is 0 Å². The molecule has 24 heavy (non-hydrogen) atoms. The van der Waals surface area contributed by atoms with Gasteiger partial charge in [0.2, 0.25) is 5.91 Å². The molecule has 0 radical (unpaired) electrons. The van der Waals surface area contributed by atoms with Crippen LogP contribution in [0.3, 0.4) is 0 Å². The van der Waals surface area contributed by atoms with Crippen molar-refractivity contribution < 1.29 is 9.59 Å². The van der Waals surface area contributed by atoms with Crippen molar-refractivity contribution in [3.8, 4) is 0 Å². The molecule has 0 unspecified atom stereocenters. The van der Waals surface area contributed by atoms with Crippen molar-refractivity contribution in [2.45, 2.75) is 51.0 Å². The predicted octanol–water partition coefficient (Wildman–Crippen LogP) is 2.97. The lowest BCUT2D eigenvalue weighted by Crippen LogP contribution is -2.36. The predicted molar refractivity (Wildman–Crippen MR) is 97.9 cm³/mol. The fourth-order valence-corrected chi connectivity index (χ4v) is 3.19. The summed E-state index contributed by atoms with van der Waals surface area (Å²) in [4.78, 5) is 24.1. The SMILES string of the molecule is O=C(NC1CCCCC1)c1cccc(NC(=S)NC(=O)C2CC2)c1. The number of amides is 2. The molecule has 1 aromatic carbocycles. The summed E-state index contributed by atoms with van der Waals surface area (Å²) in [5.41, 5.74) is 1.30. The fraction of sp³-hybridized carbons (Fsp3) is 0.500. The van der Waals surface area contributed by atoms with Gasteiger partial charge in [0.15, 0.2) is 5.11 Å². The van der Waals surface area contributed by atoms with E-state index < -0.39 is 0 Å². The summed E-state index contributed by atoms with van der Waals surface area (Å²) < 4.78 is 0. The third-order valence-electron chi connectivity index (χ3n) is 4.51. The maximum Gasteiger partial charge on any atom is 0.251 e. The first kappa shape index (κ1) is 16.9. The van der Waals surface area contributed by atoms with Crippen molar-refractivity contribution >= 4 is 34.8 Å². The van der Waals surface area contributed by atoms with Crippen molar-refractivity contribution in [3.63, 3.8) is 0 Å². The minimum Gasteiger partial charge on any atom is -0.349 e. The van der Waals surface area contributed by atoms with Gasteiger partial charge in [0.1, 0.15) is 0 Å². The molecule has 0 bridgehead atoms. The average molecular weight is 345 g/mol. The topological polar surface area (TPSA) is 70.2 Å². The van der Waals surface area contributed by atoms with Gasteiger partial charge >= 0.3 is 0 Å². The summed E-state index contributed by atoms with van der Waals surface area (Å²) in [6.45, 7) is 0. The van der Waals surface area contributed by atoms with E-state index in [0.717, 1.165) is 25.7 Å². The Bertz CT molecular complexity index is 637. The fourth-order valence-electron chi connectivity index (χ4n) is 2.98. The number of carbonyl (C=O) groups is 2. The highest BCUT2D eigenvalue weighted by molar-refractivity contribution is 7.80. The second-order valence-electron chi connectivity index (χ2n) is 6.61. The minimum absolute atomic E-state index is 0.0290. The third kappa shape index (κ3) is 4.77. The van der Waals surface area contributed by atoms with Crippen LogP contribution in [0.15, 0.2) is 24.3 Å². The number of anilines is 1. The Balaban J connectivity index is 1.55. The Hall–Kier alpha value is -1.95. The van der Waals surface area contributed by atoms with Gasteiger partial charge in [-0.25, -0.2) is 0 Å². The van der Waals surface area contributed by atoms with Gasteiger partial charge in [0.05, 0.1) is 0 Å². The molecule has 0 saturated heterocycles. The van der Waals surface area contributed by atoms with Gasteiger partial charge in [-0.1, -0.05) is 25.3 Å². The molecule has 0 aliphatic heterocycles. The lowest BCUT2D eigenvalue weighted by atomic mass is 9.95. The van der Waals surface area contributed by atoms with Crippen molar-refractivity contribution in [2.24, 2.45) is 5.92 Å². The van der Waals surface area contributed by atoms with E-state index in [0.29, 0.717) is 11.3 Å². The smallest absolute Gasteiger partial charge is 0.251 e. The summed E-state index contributed by atoms with van der Waals surface area (Å²) in [6.07, 6.45) is 7.61. The number of thiocarbonyl (C=S) groups is 1. The molecular weight excluding hydrogens is 322 g/mol. The summed E-state index contributed by atoms with van der Waals surface area (Å²) in [7, 11) is 0. The molecule has 0 aromatic heterocycles. The standard InChI is InChI=1S/C18H23N3O2S/c22-16(12-9-10-12)21-18(24)20-15-8-4-5-13(11-15)17(23)19-14-6-2-1-3-7-14/h4-5,8,11-12,14H,1-3,6-7,9-10H2,(H,19,23)(H2,20,21,22,24). The summed E-state index contributed by atoms with van der Waals surface area (Å²) in [5, 5.41) is 9.04. The largest absolute Gasteiger partial charge is 0.349 e. The normalized spacial score (nSPS) is 17.8. The van der Waals surface area contributed by atoms with E-state index in [9.17, 15) is 9.59 Å². The van der Waals surface area contributed by atoms with Crippen molar-refractivity contribution in [2.75, 3.05) is 5.32 Å². The molecule has 2 saturated carbocycles. The lowest BCUT2D eigenvalue weighted by Gasteiger charge is -2.22. The molecule has 0 atom stereocenters. The van der Waals surface area contributed by atoms with Gasteiger partial charge in [-0.3, -0.25) is 9.59 Å². The van der Waals surface area contributed by atoms with Gasteiger partial charge in [-0.05, 0) is 56.1 Å². The molecule has 3 rings (SSSR count). The van der Waals surface area contributed by atoms with Crippen LogP contribution in [-0.4, -0.2) is 23.0 Å². The zero-order valence-electron chi connectivity index (χ0n) is 13.6. The first-order valence-electron chi connectivity index (χ1n) is 8.64. The quantitative estimate of drug-likeness (QED) is 0.734. The van der Waals surface area contributed by atoms with Gasteiger partial charge in [-0.15, -0.1) is 0 Å². The average Bonchev–Trinajstić information content (AvgIpc) is 3.41. The minimum atomic E-state index is -0.0570. The maximum atomic E-state index is 12.4. The van der Waals surface area contributed by atoms with Crippen LogP contribution in [0, 0.1) is 5.92 Å². The molecule has 5 nitrogen and oxygen atoms in total. The number of hydrogen-bond acceptors (Lipinski definition) is 3. The molecule has 3 N–H and O–H groups in total. The molecule has 0 spiro atoms. The molecule has 0 heterocycles. The molecule has 128 valence electrons. The van der Waals surface area contributed by atoms with Gasteiger partial charge in [0.25, 0.3) is 5.91 Å². The van der Waals surface area contributed by atoms with Crippen LogP contribution in [0.25, 0.3) is 0 Å². The van der Waals surface area contributed by atoms with Gasteiger partial charge in [0, 0.05) is 23.2 Å². The van der Waals surface area contributed by atoms with Crippen LogP contribution < -0.4 is 16.0 Å². The van der Waals surface area contributed by atoms with E-state index in [1.54, 1.807) is 12.1 Å². The van der Waals surface area contributed by atoms with Gasteiger partial charge < -0.3 is 16.0 Å². The number of benzene rings is 1. The van der Waals surface area contributed by atoms with E-state index in [1.807, 2.05) is 12.1 Å². The zero-order chi connectivity index (χ0) is 16.9. The monoisotopic (exact) mass is 345 g/mol. The van der Waals surface area contributed by atoms with E-state index in [4.69, 9.17) is 12.2 Å². The van der Waals surface area contributed by atoms with Crippen molar-refractivity contribution in [1.29, 1.82) is 0 Å². The molecule has 2 aliphatic carbocycles. The van der Waals surface area contributed by atoms with E-state index in [1.165, 1.54) is 19.3 Å². The molecule has 2 aliphatic rings. The second kappa shape index (κ2) is 7.75. The zero-order valence-corrected chi connectivity index (χ0v) is 14.5. The number of hydrogen-bond donors (Lipinski definition) is 3. The van der Waals surface area contributed by atoms with Crippen LogP contribution in [0.5, 0.6) is 0 Å². The molecular formula is C18H23N3O2S. The van der Waals surface area contributed by atoms with Crippen LogP contribution >= 0.6 is 12.2 Å². The highest BCUT2D eigenvalue weighted by Gasteiger charge is 2.30. The summed E-state index contributed by atoms with van der Waals surface area (Å²) in [6, 6.07) is 7.46. The van der Waals surface area contributed by atoms with Crippen molar-refractivity contribution in [1.82, 2.24) is 10.6 Å². The molecule has 2 fully saturated rings. The Labute approximate surface area is 147 Å². The Morgan fingerprint density at radius 1 is 1.04 bits per heavy atom. The van der Waals surface area contributed by atoms with Crippen LogP contribution in [-0.2, 0) is 4.79 Å². The van der Waals surface area contributed by atoms with Crippen LogP contribution in [0.4, 0.5) is 5.69 Å². The highest BCUT2D eigenvalue weighted by Crippen LogP contribution is 2.28. The van der Waals surface area contributed by atoms with Crippen molar-refractivity contribution in [3.05, 3.63) is 29.8 Å². The third-order valence-corrected chi connectivity index (χ3v) is 4.71. The van der Waals surface area contributed by atoms with Crippen LogP contribution in [0.2, 0.25) is 0 Å². The summed E-state index contributed by atoms with van der Waals surface area (Å²) in [5.74, 6) is 0.0227. The Morgan fingerprint density at radius 2 is 1.79 bits per heavy atom. The van der Waals surface area contributed by atoms with Gasteiger partial charge in [-0.2, -0.15) is 0 Å². The number of nitrogens with one attached hydrogen (secondary N) is 3. The second-order valence-corrected chi connectivity index (χ2v) is 7.02. The van der Waals surface area contributed by atoms with E-state index in [2.05, 4.69) is 16.0 Å².